The molecule has 1 heterocycles. The molecule has 3 heteroatoms. The van der Waals surface area contributed by atoms with Crippen LogP contribution in [-0.4, -0.2) is 10.5 Å². The summed E-state index contributed by atoms with van der Waals surface area (Å²) in [7, 11) is 0. The average Bonchev–Trinajstić information content (AvgIpc) is 2.21. The highest BCUT2D eigenvalue weighted by molar-refractivity contribution is 5.40. The fourth-order valence-corrected chi connectivity index (χ4v) is 0.959. The second kappa shape index (κ2) is 4.10. The van der Waals surface area contributed by atoms with E-state index in [4.69, 9.17) is 6.42 Å². The molecule has 0 aliphatic carbocycles. The minimum Gasteiger partial charge on any atom is -0.354 e. The Hall–Kier alpha value is -1.56. The van der Waals surface area contributed by atoms with Gasteiger partial charge in [0.2, 0.25) is 0 Å². The molecular weight excluding hydrogens is 179 g/mol. The molecule has 0 saturated heterocycles. The summed E-state index contributed by atoms with van der Waals surface area (Å²) in [5, 5.41) is 3.07. The maximum Gasteiger partial charge on any atom is 0.141 e. The van der Waals surface area contributed by atoms with Gasteiger partial charge >= 0.3 is 0 Å². The Balaban J connectivity index is 2.79. The van der Waals surface area contributed by atoms with Crippen LogP contribution < -0.4 is 5.32 Å². The molecular formula is C11H13FN2. The van der Waals surface area contributed by atoms with Crippen molar-refractivity contribution in [2.24, 2.45) is 0 Å². The van der Waals surface area contributed by atoms with Crippen molar-refractivity contribution in [1.29, 1.82) is 0 Å². The van der Waals surface area contributed by atoms with E-state index in [1.165, 1.54) is 6.07 Å². The molecule has 14 heavy (non-hydrogen) atoms. The number of anilines is 1. The third-order valence-corrected chi connectivity index (χ3v) is 2.16. The number of hydrogen-bond acceptors (Lipinski definition) is 2. The molecule has 0 bridgehead atoms. The highest BCUT2D eigenvalue weighted by Gasteiger charge is 2.18. The molecule has 1 rings (SSSR count). The van der Waals surface area contributed by atoms with E-state index in [-0.39, 0.29) is 5.82 Å². The maximum absolute atomic E-state index is 12.6. The van der Waals surface area contributed by atoms with E-state index in [2.05, 4.69) is 16.2 Å². The van der Waals surface area contributed by atoms with Crippen LogP contribution in [0.15, 0.2) is 18.3 Å². The fraction of sp³-hybridized carbons (Fsp3) is 0.364. The molecule has 2 nitrogen and oxygen atoms in total. The van der Waals surface area contributed by atoms with Gasteiger partial charge in [0.05, 0.1) is 11.7 Å². The fourth-order valence-electron chi connectivity index (χ4n) is 0.959. The zero-order chi connectivity index (χ0) is 10.6. The monoisotopic (exact) mass is 192 g/mol. The SMILES string of the molecule is C#CC(C)(CC)Nc1ccc(F)cn1. The molecule has 0 aromatic carbocycles. The normalized spacial score (nSPS) is 14.1. The predicted octanol–water partition coefficient (Wildman–Crippen LogP) is 2.43. The first-order valence-electron chi connectivity index (χ1n) is 4.47. The Morgan fingerprint density at radius 2 is 2.36 bits per heavy atom. The van der Waals surface area contributed by atoms with Crippen molar-refractivity contribution in [1.82, 2.24) is 4.98 Å². The number of nitrogens with zero attached hydrogens (tertiary/aromatic N) is 1. The maximum atomic E-state index is 12.6. The molecule has 0 saturated carbocycles. The van der Waals surface area contributed by atoms with Gasteiger partial charge in [-0.1, -0.05) is 12.8 Å². The second-order valence-corrected chi connectivity index (χ2v) is 3.32. The van der Waals surface area contributed by atoms with E-state index in [1.807, 2.05) is 13.8 Å². The lowest BCUT2D eigenvalue weighted by atomic mass is 10.0. The molecule has 0 aliphatic heterocycles. The Morgan fingerprint density at radius 1 is 1.64 bits per heavy atom. The van der Waals surface area contributed by atoms with Gasteiger partial charge in [-0.05, 0) is 25.5 Å². The van der Waals surface area contributed by atoms with E-state index in [0.29, 0.717) is 5.82 Å². The minimum absolute atomic E-state index is 0.352. The number of rotatable bonds is 3. The van der Waals surface area contributed by atoms with E-state index in [9.17, 15) is 4.39 Å². The van der Waals surface area contributed by atoms with E-state index in [0.717, 1.165) is 12.6 Å². The first kappa shape index (κ1) is 10.5. The highest BCUT2D eigenvalue weighted by Crippen LogP contribution is 2.15. The third kappa shape index (κ3) is 2.46. The molecule has 0 fully saturated rings. The summed E-state index contributed by atoms with van der Waals surface area (Å²) in [5.41, 5.74) is -0.426. The van der Waals surface area contributed by atoms with Crippen LogP contribution in [0.3, 0.4) is 0 Å². The summed E-state index contributed by atoms with van der Waals surface area (Å²) >= 11 is 0. The van der Waals surface area contributed by atoms with E-state index in [1.54, 1.807) is 6.07 Å². The van der Waals surface area contributed by atoms with Crippen LogP contribution in [0.2, 0.25) is 0 Å². The number of hydrogen-bond donors (Lipinski definition) is 1. The first-order chi connectivity index (χ1) is 6.59. The van der Waals surface area contributed by atoms with Crippen LogP contribution in [0.25, 0.3) is 0 Å². The van der Waals surface area contributed by atoms with Gasteiger partial charge in [-0.3, -0.25) is 0 Å². The molecule has 0 aliphatic rings. The number of pyridine rings is 1. The standard InChI is InChI=1S/C11H13FN2/c1-4-11(3,5-2)14-10-7-6-9(12)8-13-10/h1,6-8H,5H2,2-3H3,(H,13,14). The van der Waals surface area contributed by atoms with Gasteiger partial charge < -0.3 is 5.32 Å². The second-order valence-electron chi connectivity index (χ2n) is 3.32. The minimum atomic E-state index is -0.426. The van der Waals surface area contributed by atoms with Crippen molar-refractivity contribution in [3.8, 4) is 12.3 Å². The quantitative estimate of drug-likeness (QED) is 0.744. The van der Waals surface area contributed by atoms with Crippen molar-refractivity contribution in [3.63, 3.8) is 0 Å². The van der Waals surface area contributed by atoms with Crippen molar-refractivity contribution >= 4 is 5.82 Å². The summed E-state index contributed by atoms with van der Waals surface area (Å²) in [6.07, 6.45) is 7.32. The largest absolute Gasteiger partial charge is 0.354 e. The molecule has 1 aromatic heterocycles. The number of halogens is 1. The van der Waals surface area contributed by atoms with Gasteiger partial charge in [-0.15, -0.1) is 6.42 Å². The summed E-state index contributed by atoms with van der Waals surface area (Å²) < 4.78 is 12.6. The topological polar surface area (TPSA) is 24.9 Å². The van der Waals surface area contributed by atoms with Crippen molar-refractivity contribution in [3.05, 3.63) is 24.1 Å². The lowest BCUT2D eigenvalue weighted by Crippen LogP contribution is -2.32. The first-order valence-corrected chi connectivity index (χ1v) is 4.47. The molecule has 0 spiro atoms. The molecule has 1 unspecified atom stereocenters. The molecule has 0 amide bonds. The Labute approximate surface area is 83.6 Å². The third-order valence-electron chi connectivity index (χ3n) is 2.16. The molecule has 1 atom stereocenters. The highest BCUT2D eigenvalue weighted by atomic mass is 19.1. The van der Waals surface area contributed by atoms with Gasteiger partial charge in [0, 0.05) is 0 Å². The molecule has 74 valence electrons. The summed E-state index contributed by atoms with van der Waals surface area (Å²) in [6, 6.07) is 2.92. The molecule has 1 aromatic rings. The van der Waals surface area contributed by atoms with E-state index < -0.39 is 5.54 Å². The Bertz CT molecular complexity index is 339. The van der Waals surface area contributed by atoms with Crippen molar-refractivity contribution in [2.45, 2.75) is 25.8 Å². The number of terminal acetylenes is 1. The van der Waals surface area contributed by atoms with Crippen LogP contribution in [-0.2, 0) is 0 Å². The Morgan fingerprint density at radius 3 is 2.79 bits per heavy atom. The lowest BCUT2D eigenvalue weighted by Gasteiger charge is -2.23. The Kier molecular flexibility index (Phi) is 3.08. The van der Waals surface area contributed by atoms with Crippen molar-refractivity contribution in [2.75, 3.05) is 5.32 Å². The number of nitrogens with one attached hydrogen (secondary N) is 1. The molecule has 0 radical (unpaired) electrons. The van der Waals surface area contributed by atoms with Gasteiger partial charge in [0.1, 0.15) is 11.6 Å². The lowest BCUT2D eigenvalue weighted by molar-refractivity contribution is 0.614. The average molecular weight is 192 g/mol. The van der Waals surface area contributed by atoms with Gasteiger partial charge in [0.25, 0.3) is 0 Å². The summed E-state index contributed by atoms with van der Waals surface area (Å²) in [4.78, 5) is 3.88. The van der Waals surface area contributed by atoms with E-state index >= 15 is 0 Å². The van der Waals surface area contributed by atoms with Crippen LogP contribution in [0.4, 0.5) is 10.2 Å². The smallest absolute Gasteiger partial charge is 0.141 e. The van der Waals surface area contributed by atoms with Crippen LogP contribution >= 0.6 is 0 Å². The predicted molar refractivity (Wildman–Crippen MR) is 55.3 cm³/mol. The summed E-state index contributed by atoms with van der Waals surface area (Å²) in [6.45, 7) is 3.88. The van der Waals surface area contributed by atoms with Crippen LogP contribution in [0.1, 0.15) is 20.3 Å². The van der Waals surface area contributed by atoms with Crippen LogP contribution in [0.5, 0.6) is 0 Å². The van der Waals surface area contributed by atoms with Gasteiger partial charge in [-0.25, -0.2) is 9.37 Å². The zero-order valence-electron chi connectivity index (χ0n) is 8.34. The summed E-state index contributed by atoms with van der Waals surface area (Å²) in [5.74, 6) is 2.89. The number of aromatic nitrogens is 1. The van der Waals surface area contributed by atoms with Gasteiger partial charge in [-0.2, -0.15) is 0 Å². The zero-order valence-corrected chi connectivity index (χ0v) is 8.34. The van der Waals surface area contributed by atoms with Crippen LogP contribution in [0, 0.1) is 18.2 Å². The van der Waals surface area contributed by atoms with Crippen molar-refractivity contribution < 1.29 is 4.39 Å². The van der Waals surface area contributed by atoms with Gasteiger partial charge in [0.15, 0.2) is 0 Å². The molecule has 1 N–H and O–H groups in total.